The van der Waals surface area contributed by atoms with E-state index in [0.717, 1.165) is 18.6 Å². The monoisotopic (exact) mass is 297 g/mol. The third-order valence-corrected chi connectivity index (χ3v) is 2.84. The molecule has 0 bridgehead atoms. The van der Waals surface area contributed by atoms with Crippen molar-refractivity contribution in [1.29, 1.82) is 0 Å². The topological polar surface area (TPSA) is 61.0 Å². The van der Waals surface area contributed by atoms with Crippen molar-refractivity contribution < 1.29 is 17.9 Å². The molecule has 0 saturated heterocycles. The largest absolute Gasteiger partial charge is 0.439 e. The van der Waals surface area contributed by atoms with Gasteiger partial charge in [0.25, 0.3) is 0 Å². The lowest BCUT2D eigenvalue weighted by Gasteiger charge is -2.11. The Labute approximate surface area is 119 Å². The average molecular weight is 297 g/mol. The predicted molar refractivity (Wildman–Crippen MR) is 72.0 cm³/mol. The fraction of sp³-hybridized carbons (Fsp3) is 0.286. The molecule has 21 heavy (non-hydrogen) atoms. The number of halogens is 3. The van der Waals surface area contributed by atoms with E-state index in [1.165, 1.54) is 18.5 Å². The fourth-order valence-electron chi connectivity index (χ4n) is 1.81. The van der Waals surface area contributed by atoms with Crippen molar-refractivity contribution in [3.63, 3.8) is 0 Å². The molecule has 4 nitrogen and oxygen atoms in total. The summed E-state index contributed by atoms with van der Waals surface area (Å²) >= 11 is 0. The number of nitrogens with zero attached hydrogens (tertiary/aromatic N) is 2. The van der Waals surface area contributed by atoms with Crippen LogP contribution in [0.4, 0.5) is 19.0 Å². The van der Waals surface area contributed by atoms with Crippen molar-refractivity contribution in [3.8, 4) is 11.6 Å². The van der Waals surface area contributed by atoms with Crippen molar-refractivity contribution >= 4 is 5.82 Å². The van der Waals surface area contributed by atoms with E-state index in [0.29, 0.717) is 17.8 Å². The second-order valence-corrected chi connectivity index (χ2v) is 4.42. The number of ether oxygens (including phenoxy) is 1. The van der Waals surface area contributed by atoms with Gasteiger partial charge in [-0.3, -0.25) is 0 Å². The Balaban J connectivity index is 2.24. The third kappa shape index (κ3) is 3.62. The molecular formula is C14H14F3N3O. The molecule has 0 amide bonds. The van der Waals surface area contributed by atoms with Gasteiger partial charge in [-0.2, -0.15) is 13.2 Å². The van der Waals surface area contributed by atoms with Crippen molar-refractivity contribution in [2.24, 2.45) is 0 Å². The van der Waals surface area contributed by atoms with Gasteiger partial charge >= 0.3 is 6.18 Å². The molecule has 1 aromatic carbocycles. The van der Waals surface area contributed by atoms with Gasteiger partial charge < -0.3 is 10.5 Å². The molecule has 0 atom stereocenters. The molecule has 0 saturated carbocycles. The van der Waals surface area contributed by atoms with Crippen LogP contribution in [-0.4, -0.2) is 9.97 Å². The van der Waals surface area contributed by atoms with Gasteiger partial charge in [-0.05, 0) is 30.7 Å². The number of aromatic nitrogens is 2. The minimum atomic E-state index is -4.37. The van der Waals surface area contributed by atoms with Gasteiger partial charge in [0.05, 0.1) is 11.1 Å². The van der Waals surface area contributed by atoms with Crippen LogP contribution in [0.3, 0.4) is 0 Å². The zero-order valence-corrected chi connectivity index (χ0v) is 11.3. The highest BCUT2D eigenvalue weighted by molar-refractivity contribution is 5.46. The smallest absolute Gasteiger partial charge is 0.416 e. The Morgan fingerprint density at radius 3 is 2.38 bits per heavy atom. The van der Waals surface area contributed by atoms with Gasteiger partial charge in [0, 0.05) is 0 Å². The Kier molecular flexibility index (Phi) is 4.30. The summed E-state index contributed by atoms with van der Waals surface area (Å²) in [5, 5.41) is 0. The highest BCUT2D eigenvalue weighted by Crippen LogP contribution is 2.32. The van der Waals surface area contributed by atoms with Crippen LogP contribution in [0.2, 0.25) is 0 Å². The quantitative estimate of drug-likeness (QED) is 0.931. The summed E-state index contributed by atoms with van der Waals surface area (Å²) in [7, 11) is 0. The van der Waals surface area contributed by atoms with E-state index in [9.17, 15) is 13.2 Å². The van der Waals surface area contributed by atoms with Crippen LogP contribution in [0.5, 0.6) is 11.6 Å². The highest BCUT2D eigenvalue weighted by Gasteiger charge is 2.30. The predicted octanol–water partition coefficient (Wildman–Crippen LogP) is 3.82. The van der Waals surface area contributed by atoms with Crippen LogP contribution in [0.1, 0.15) is 24.5 Å². The summed E-state index contributed by atoms with van der Waals surface area (Å²) in [5.41, 5.74) is 5.68. The zero-order chi connectivity index (χ0) is 15.5. The van der Waals surface area contributed by atoms with E-state index in [1.807, 2.05) is 6.92 Å². The number of hydrogen-bond acceptors (Lipinski definition) is 4. The van der Waals surface area contributed by atoms with Crippen LogP contribution >= 0.6 is 0 Å². The second-order valence-electron chi connectivity index (χ2n) is 4.42. The number of benzene rings is 1. The average Bonchev–Trinajstić information content (AvgIpc) is 2.42. The third-order valence-electron chi connectivity index (χ3n) is 2.84. The molecule has 0 aliphatic carbocycles. The molecule has 1 heterocycles. The molecule has 1 aromatic heterocycles. The molecule has 112 valence electrons. The molecule has 0 spiro atoms. The number of hydrogen-bond donors (Lipinski definition) is 1. The van der Waals surface area contributed by atoms with E-state index in [4.69, 9.17) is 10.5 Å². The number of rotatable bonds is 4. The Morgan fingerprint density at radius 1 is 1.14 bits per heavy atom. The minimum absolute atomic E-state index is 0.262. The molecule has 0 radical (unpaired) electrons. The van der Waals surface area contributed by atoms with Gasteiger partial charge in [-0.15, -0.1) is 0 Å². The first-order valence-electron chi connectivity index (χ1n) is 6.36. The van der Waals surface area contributed by atoms with Crippen LogP contribution in [0.15, 0.2) is 30.6 Å². The Bertz CT molecular complexity index is 612. The summed E-state index contributed by atoms with van der Waals surface area (Å²) < 4.78 is 43.0. The summed E-state index contributed by atoms with van der Waals surface area (Å²) in [6, 6.07) is 4.41. The molecule has 2 aromatic rings. The molecular weight excluding hydrogens is 283 g/mol. The minimum Gasteiger partial charge on any atom is -0.439 e. The van der Waals surface area contributed by atoms with E-state index < -0.39 is 11.7 Å². The Morgan fingerprint density at radius 2 is 1.81 bits per heavy atom. The maximum Gasteiger partial charge on any atom is 0.416 e. The molecule has 7 heteroatoms. The molecule has 0 aliphatic rings. The second kappa shape index (κ2) is 5.99. The van der Waals surface area contributed by atoms with Gasteiger partial charge in [0.1, 0.15) is 17.9 Å². The van der Waals surface area contributed by atoms with Crippen LogP contribution in [0.25, 0.3) is 0 Å². The van der Waals surface area contributed by atoms with Crippen molar-refractivity contribution in [2.45, 2.75) is 25.9 Å². The molecule has 2 rings (SSSR count). The maximum absolute atomic E-state index is 12.5. The van der Waals surface area contributed by atoms with E-state index >= 15 is 0 Å². The Hall–Kier alpha value is -2.31. The lowest BCUT2D eigenvalue weighted by molar-refractivity contribution is -0.137. The number of anilines is 1. The number of alkyl halides is 3. The van der Waals surface area contributed by atoms with Crippen LogP contribution in [0, 0.1) is 0 Å². The van der Waals surface area contributed by atoms with Crippen molar-refractivity contribution in [3.05, 3.63) is 41.7 Å². The highest BCUT2D eigenvalue weighted by atomic mass is 19.4. The maximum atomic E-state index is 12.5. The lowest BCUT2D eigenvalue weighted by Crippen LogP contribution is -2.05. The van der Waals surface area contributed by atoms with E-state index in [-0.39, 0.29) is 11.6 Å². The van der Waals surface area contributed by atoms with Gasteiger partial charge in [-0.1, -0.05) is 13.3 Å². The van der Waals surface area contributed by atoms with Gasteiger partial charge in [0.2, 0.25) is 5.88 Å². The van der Waals surface area contributed by atoms with Gasteiger partial charge in [-0.25, -0.2) is 9.97 Å². The summed E-state index contributed by atoms with van der Waals surface area (Å²) in [4.78, 5) is 7.87. The van der Waals surface area contributed by atoms with E-state index in [1.54, 1.807) is 0 Å². The SMILES string of the molecule is CCCc1c(N)ncnc1Oc1ccc(C(F)(F)F)cc1. The zero-order valence-electron chi connectivity index (χ0n) is 11.3. The molecule has 2 N–H and O–H groups in total. The molecule has 0 fully saturated rings. The number of nitrogens with two attached hydrogens (primary N) is 1. The first-order valence-corrected chi connectivity index (χ1v) is 6.36. The summed E-state index contributed by atoms with van der Waals surface area (Å²) in [5.74, 6) is 0.844. The first-order chi connectivity index (χ1) is 9.91. The van der Waals surface area contributed by atoms with Gasteiger partial charge in [0.15, 0.2) is 0 Å². The van der Waals surface area contributed by atoms with Crippen LogP contribution < -0.4 is 10.5 Å². The number of nitrogen functional groups attached to an aromatic ring is 1. The fourth-order valence-corrected chi connectivity index (χ4v) is 1.81. The normalized spacial score (nSPS) is 11.4. The van der Waals surface area contributed by atoms with E-state index in [2.05, 4.69) is 9.97 Å². The summed E-state index contributed by atoms with van der Waals surface area (Å²) in [6.45, 7) is 1.97. The summed E-state index contributed by atoms with van der Waals surface area (Å²) in [6.07, 6.45) is -1.66. The molecule has 0 unspecified atom stereocenters. The first kappa shape index (κ1) is 15.1. The van der Waals surface area contributed by atoms with Crippen LogP contribution in [-0.2, 0) is 12.6 Å². The van der Waals surface area contributed by atoms with Crippen molar-refractivity contribution in [1.82, 2.24) is 9.97 Å². The molecule has 0 aliphatic heterocycles. The lowest BCUT2D eigenvalue weighted by atomic mass is 10.2. The van der Waals surface area contributed by atoms with Crippen molar-refractivity contribution in [2.75, 3.05) is 5.73 Å². The standard InChI is InChI=1S/C14H14F3N3O/c1-2-3-11-12(18)19-8-20-13(11)21-10-6-4-9(5-7-10)14(15,16)17/h4-8H,2-3H2,1H3,(H2,18,19,20).